The minimum atomic E-state index is -3.71. The third-order valence-corrected chi connectivity index (χ3v) is 6.03. The Balaban J connectivity index is 2.75. The molecule has 0 radical (unpaired) electrons. The van der Waals surface area contributed by atoms with Crippen molar-refractivity contribution in [1.82, 2.24) is 4.98 Å². The first kappa shape index (κ1) is 17.8. The van der Waals surface area contributed by atoms with E-state index in [0.29, 0.717) is 0 Å². The first-order valence-corrected chi connectivity index (χ1v) is 9.59. The number of nitrogens with zero attached hydrogens (tertiary/aromatic N) is 1. The topological polar surface area (TPSA) is 90.4 Å². The molecule has 0 N–H and O–H groups in total. The van der Waals surface area contributed by atoms with Crippen molar-refractivity contribution in [3.05, 3.63) is 23.9 Å². The fourth-order valence-electron chi connectivity index (χ4n) is 1.39. The van der Waals surface area contributed by atoms with Gasteiger partial charge in [-0.15, -0.1) is 0 Å². The second-order valence-electron chi connectivity index (χ2n) is 4.17. The Kier molecular flexibility index (Phi) is 6.02. The SMILES string of the molecule is CCS(=O)(=O)CCS(=O)(=O)Cc1cccc(OC(F)F)n1. The fourth-order valence-corrected chi connectivity index (χ4v) is 4.47. The van der Waals surface area contributed by atoms with Crippen molar-refractivity contribution >= 4 is 19.7 Å². The van der Waals surface area contributed by atoms with Gasteiger partial charge in [0.05, 0.1) is 23.0 Å². The smallest absolute Gasteiger partial charge is 0.388 e. The van der Waals surface area contributed by atoms with Crippen LogP contribution in [0.15, 0.2) is 18.2 Å². The molecule has 0 amide bonds. The average molecular weight is 343 g/mol. The Labute approximate surface area is 122 Å². The molecule has 0 aliphatic heterocycles. The monoisotopic (exact) mass is 343 g/mol. The predicted octanol–water partition coefficient (Wildman–Crippen LogP) is 1.03. The molecule has 1 aromatic heterocycles. The Morgan fingerprint density at radius 3 is 2.33 bits per heavy atom. The van der Waals surface area contributed by atoms with Crippen molar-refractivity contribution in [3.63, 3.8) is 0 Å². The van der Waals surface area contributed by atoms with Crippen molar-refractivity contribution in [3.8, 4) is 5.88 Å². The maximum absolute atomic E-state index is 12.0. The molecule has 0 aromatic carbocycles. The van der Waals surface area contributed by atoms with Crippen LogP contribution in [0, 0.1) is 0 Å². The first-order chi connectivity index (χ1) is 9.63. The normalized spacial score (nSPS) is 12.6. The van der Waals surface area contributed by atoms with Gasteiger partial charge in [0.1, 0.15) is 0 Å². The molecule has 21 heavy (non-hydrogen) atoms. The zero-order valence-electron chi connectivity index (χ0n) is 11.2. The van der Waals surface area contributed by atoms with Crippen LogP contribution < -0.4 is 4.74 Å². The minimum Gasteiger partial charge on any atom is -0.417 e. The van der Waals surface area contributed by atoms with Gasteiger partial charge in [-0.2, -0.15) is 8.78 Å². The number of pyridine rings is 1. The zero-order valence-corrected chi connectivity index (χ0v) is 12.8. The summed E-state index contributed by atoms with van der Waals surface area (Å²) in [6.45, 7) is -1.63. The number of hydrogen-bond acceptors (Lipinski definition) is 6. The molecule has 120 valence electrons. The molecule has 1 heterocycles. The van der Waals surface area contributed by atoms with Crippen molar-refractivity contribution in [2.75, 3.05) is 17.3 Å². The Bertz CT molecular complexity index is 674. The highest BCUT2D eigenvalue weighted by atomic mass is 32.2. The summed E-state index contributed by atoms with van der Waals surface area (Å²) in [6, 6.07) is 3.84. The molecule has 0 bridgehead atoms. The van der Waals surface area contributed by atoms with E-state index in [1.165, 1.54) is 25.1 Å². The molecule has 0 fully saturated rings. The van der Waals surface area contributed by atoms with E-state index in [1.54, 1.807) is 0 Å². The summed E-state index contributed by atoms with van der Waals surface area (Å²) in [5.41, 5.74) is 0.0158. The van der Waals surface area contributed by atoms with Crippen LogP contribution in [0.25, 0.3) is 0 Å². The van der Waals surface area contributed by atoms with Gasteiger partial charge < -0.3 is 4.74 Å². The minimum absolute atomic E-state index is 0.0158. The summed E-state index contributed by atoms with van der Waals surface area (Å²) in [4.78, 5) is 3.63. The van der Waals surface area contributed by atoms with Gasteiger partial charge in [0.25, 0.3) is 0 Å². The lowest BCUT2D eigenvalue weighted by Gasteiger charge is -2.07. The number of rotatable bonds is 8. The van der Waals surface area contributed by atoms with E-state index in [-0.39, 0.29) is 17.3 Å². The van der Waals surface area contributed by atoms with Crippen LogP contribution in [0.4, 0.5) is 8.78 Å². The number of hydrogen-bond donors (Lipinski definition) is 0. The molecule has 0 spiro atoms. The fraction of sp³-hybridized carbons (Fsp3) is 0.545. The zero-order chi connectivity index (χ0) is 16.1. The summed E-state index contributed by atoms with van der Waals surface area (Å²) in [5.74, 6) is -2.08. The molecule has 1 aromatic rings. The number of sulfone groups is 2. The molecule has 0 saturated carbocycles. The number of ether oxygens (including phenoxy) is 1. The van der Waals surface area contributed by atoms with Crippen LogP contribution in [-0.2, 0) is 25.4 Å². The second-order valence-corrected chi connectivity index (χ2v) is 8.83. The summed E-state index contributed by atoms with van der Waals surface area (Å²) in [7, 11) is -7.10. The number of alkyl halides is 2. The number of aromatic nitrogens is 1. The van der Waals surface area contributed by atoms with Crippen LogP contribution in [0.5, 0.6) is 5.88 Å². The predicted molar refractivity (Wildman–Crippen MR) is 72.7 cm³/mol. The van der Waals surface area contributed by atoms with Crippen LogP contribution in [0.3, 0.4) is 0 Å². The van der Waals surface area contributed by atoms with E-state index < -0.39 is 43.5 Å². The lowest BCUT2D eigenvalue weighted by molar-refractivity contribution is -0.0529. The van der Waals surface area contributed by atoms with Crippen LogP contribution in [0.1, 0.15) is 12.6 Å². The summed E-state index contributed by atoms with van der Waals surface area (Å²) < 4.78 is 74.3. The molecule has 0 aliphatic rings. The molecule has 1 rings (SSSR count). The Hall–Kier alpha value is -1.29. The largest absolute Gasteiger partial charge is 0.417 e. The Morgan fingerprint density at radius 1 is 1.14 bits per heavy atom. The maximum Gasteiger partial charge on any atom is 0.388 e. The summed E-state index contributed by atoms with van der Waals surface area (Å²) in [5, 5.41) is 0. The highest BCUT2D eigenvalue weighted by molar-refractivity contribution is 7.94. The van der Waals surface area contributed by atoms with Crippen molar-refractivity contribution in [2.45, 2.75) is 19.3 Å². The van der Waals surface area contributed by atoms with Crippen LogP contribution in [-0.4, -0.2) is 45.7 Å². The van der Waals surface area contributed by atoms with Crippen molar-refractivity contribution < 1.29 is 30.4 Å². The molecule has 6 nitrogen and oxygen atoms in total. The lowest BCUT2D eigenvalue weighted by atomic mass is 10.4. The van der Waals surface area contributed by atoms with E-state index in [2.05, 4.69) is 9.72 Å². The van der Waals surface area contributed by atoms with Crippen LogP contribution >= 0.6 is 0 Å². The van der Waals surface area contributed by atoms with Gasteiger partial charge in [0.15, 0.2) is 19.7 Å². The van der Waals surface area contributed by atoms with Crippen molar-refractivity contribution in [2.24, 2.45) is 0 Å². The lowest BCUT2D eigenvalue weighted by Crippen LogP contribution is -2.20. The van der Waals surface area contributed by atoms with E-state index in [4.69, 9.17) is 0 Å². The van der Waals surface area contributed by atoms with E-state index >= 15 is 0 Å². The van der Waals surface area contributed by atoms with E-state index in [9.17, 15) is 25.6 Å². The molecule has 0 unspecified atom stereocenters. The molecule has 0 atom stereocenters. The maximum atomic E-state index is 12.0. The average Bonchev–Trinajstić information content (AvgIpc) is 2.36. The van der Waals surface area contributed by atoms with Gasteiger partial charge in [-0.1, -0.05) is 13.0 Å². The molecular weight excluding hydrogens is 328 g/mol. The summed E-state index contributed by atoms with van der Waals surface area (Å²) in [6.07, 6.45) is 0. The standard InChI is InChI=1S/C11H15F2NO5S2/c1-2-20(15,16)6-7-21(17,18)8-9-4-3-5-10(14-9)19-11(12)13/h3-5,11H,2,6-8H2,1H3. The third-order valence-electron chi connectivity index (χ3n) is 2.50. The quantitative estimate of drug-likeness (QED) is 0.700. The second kappa shape index (κ2) is 7.12. The highest BCUT2D eigenvalue weighted by Crippen LogP contribution is 2.13. The van der Waals surface area contributed by atoms with Gasteiger partial charge in [0.2, 0.25) is 5.88 Å². The number of halogens is 2. The molecule has 10 heteroatoms. The molecule has 0 saturated heterocycles. The van der Waals surface area contributed by atoms with Gasteiger partial charge in [-0.25, -0.2) is 21.8 Å². The van der Waals surface area contributed by atoms with Crippen molar-refractivity contribution in [1.29, 1.82) is 0 Å². The van der Waals surface area contributed by atoms with Gasteiger partial charge in [0, 0.05) is 11.8 Å². The van der Waals surface area contributed by atoms with E-state index in [0.717, 1.165) is 0 Å². The van der Waals surface area contributed by atoms with Gasteiger partial charge in [-0.3, -0.25) is 0 Å². The highest BCUT2D eigenvalue weighted by Gasteiger charge is 2.18. The van der Waals surface area contributed by atoms with Gasteiger partial charge >= 0.3 is 6.61 Å². The first-order valence-electron chi connectivity index (χ1n) is 5.95. The summed E-state index contributed by atoms with van der Waals surface area (Å²) >= 11 is 0. The Morgan fingerprint density at radius 2 is 1.76 bits per heavy atom. The molecule has 0 aliphatic carbocycles. The molecular formula is C11H15F2NO5S2. The van der Waals surface area contributed by atoms with Crippen LogP contribution in [0.2, 0.25) is 0 Å². The van der Waals surface area contributed by atoms with Gasteiger partial charge in [-0.05, 0) is 6.07 Å². The van der Waals surface area contributed by atoms with E-state index in [1.807, 2.05) is 0 Å². The third kappa shape index (κ3) is 6.80.